The van der Waals surface area contributed by atoms with E-state index in [4.69, 9.17) is 0 Å². The smallest absolute Gasteiger partial charge is 0.0467 e. The quantitative estimate of drug-likeness (QED) is 0.154. The van der Waals surface area contributed by atoms with Crippen LogP contribution in [0.3, 0.4) is 0 Å². The van der Waals surface area contributed by atoms with Crippen LogP contribution >= 0.6 is 11.3 Å². The lowest BCUT2D eigenvalue weighted by Gasteiger charge is -2.26. The van der Waals surface area contributed by atoms with Crippen molar-refractivity contribution >= 4 is 80.9 Å². The first kappa shape index (κ1) is 32.4. The largest absolute Gasteiger partial charge is 0.310 e. The van der Waals surface area contributed by atoms with Crippen molar-refractivity contribution in [2.24, 2.45) is 0 Å². The van der Waals surface area contributed by atoms with Crippen LogP contribution in [0.25, 0.3) is 85.9 Å². The van der Waals surface area contributed by atoms with Gasteiger partial charge in [0.05, 0.1) is 0 Å². The van der Waals surface area contributed by atoms with Gasteiger partial charge in [-0.05, 0) is 126 Å². The summed E-state index contributed by atoms with van der Waals surface area (Å²) < 4.78 is 2.65. The molecule has 0 radical (unpaired) electrons. The van der Waals surface area contributed by atoms with Gasteiger partial charge in [-0.2, -0.15) is 0 Å². The van der Waals surface area contributed by atoms with Crippen LogP contribution in [0.1, 0.15) is 0 Å². The number of rotatable bonds is 6. The summed E-state index contributed by atoms with van der Waals surface area (Å²) in [7, 11) is 0. The summed E-state index contributed by atoms with van der Waals surface area (Å²) in [4.78, 5) is 2.38. The van der Waals surface area contributed by atoms with Crippen molar-refractivity contribution in [1.82, 2.24) is 0 Å². The predicted molar refractivity (Wildman–Crippen MR) is 243 cm³/mol. The topological polar surface area (TPSA) is 3.24 Å². The Hall–Kier alpha value is -7.00. The monoisotopic (exact) mass is 729 g/mol. The average Bonchev–Trinajstić information content (AvgIpc) is 3.66. The molecule has 2 heteroatoms. The van der Waals surface area contributed by atoms with Crippen molar-refractivity contribution in [1.29, 1.82) is 0 Å². The Morgan fingerprint density at radius 1 is 0.286 bits per heavy atom. The molecule has 11 aromatic rings. The molecule has 1 nitrogen and oxygen atoms in total. The van der Waals surface area contributed by atoms with Crippen molar-refractivity contribution in [3.05, 3.63) is 212 Å². The minimum Gasteiger partial charge on any atom is -0.310 e. The summed E-state index contributed by atoms with van der Waals surface area (Å²) in [6.45, 7) is 0. The van der Waals surface area contributed by atoms with E-state index in [-0.39, 0.29) is 0 Å². The molecular formula is C54H35NS. The average molecular weight is 730 g/mol. The highest BCUT2D eigenvalue weighted by Crippen LogP contribution is 2.42. The van der Waals surface area contributed by atoms with E-state index in [0.717, 1.165) is 17.1 Å². The van der Waals surface area contributed by atoms with Crippen LogP contribution in [-0.2, 0) is 0 Å². The summed E-state index contributed by atoms with van der Waals surface area (Å²) in [6.07, 6.45) is 0. The molecule has 0 N–H and O–H groups in total. The fourth-order valence-corrected chi connectivity index (χ4v) is 9.62. The van der Waals surface area contributed by atoms with Crippen LogP contribution in [-0.4, -0.2) is 0 Å². The first-order valence-corrected chi connectivity index (χ1v) is 20.0. The Morgan fingerprint density at radius 3 is 1.64 bits per heavy atom. The summed E-state index contributed by atoms with van der Waals surface area (Å²) >= 11 is 1.87. The highest BCUT2D eigenvalue weighted by Gasteiger charge is 2.16. The Labute approximate surface area is 330 Å². The fraction of sp³-hybridized carbons (Fsp3) is 0. The van der Waals surface area contributed by atoms with Gasteiger partial charge in [-0.15, -0.1) is 11.3 Å². The highest BCUT2D eigenvalue weighted by molar-refractivity contribution is 7.26. The van der Waals surface area contributed by atoms with Crippen LogP contribution in [0, 0.1) is 0 Å². The van der Waals surface area contributed by atoms with Crippen molar-refractivity contribution in [2.45, 2.75) is 0 Å². The molecular weight excluding hydrogens is 695 g/mol. The minimum atomic E-state index is 1.11. The number of nitrogens with zero attached hydrogens (tertiary/aromatic N) is 1. The van der Waals surface area contributed by atoms with Crippen LogP contribution in [0.2, 0.25) is 0 Å². The third kappa shape index (κ3) is 5.54. The lowest BCUT2D eigenvalue weighted by molar-refractivity contribution is 1.28. The maximum Gasteiger partial charge on any atom is 0.0467 e. The molecule has 1 aromatic heterocycles. The molecule has 262 valence electrons. The van der Waals surface area contributed by atoms with Crippen molar-refractivity contribution < 1.29 is 0 Å². The normalized spacial score (nSPS) is 11.6. The lowest BCUT2D eigenvalue weighted by Crippen LogP contribution is -2.10. The van der Waals surface area contributed by atoms with Gasteiger partial charge in [0, 0.05) is 37.2 Å². The van der Waals surface area contributed by atoms with Gasteiger partial charge in [0.15, 0.2) is 0 Å². The van der Waals surface area contributed by atoms with E-state index in [1.54, 1.807) is 0 Å². The summed E-state index contributed by atoms with van der Waals surface area (Å²) in [5.41, 5.74) is 10.6. The molecule has 0 saturated heterocycles. The third-order valence-corrected chi connectivity index (χ3v) is 12.4. The molecule has 10 aromatic carbocycles. The van der Waals surface area contributed by atoms with Crippen LogP contribution in [0.4, 0.5) is 17.1 Å². The van der Waals surface area contributed by atoms with Crippen LogP contribution < -0.4 is 4.90 Å². The molecule has 56 heavy (non-hydrogen) atoms. The van der Waals surface area contributed by atoms with Gasteiger partial charge in [-0.1, -0.05) is 152 Å². The Morgan fingerprint density at radius 2 is 0.857 bits per heavy atom. The molecule has 0 atom stereocenters. The van der Waals surface area contributed by atoms with Crippen molar-refractivity contribution in [3.63, 3.8) is 0 Å². The second kappa shape index (κ2) is 13.4. The Kier molecular flexibility index (Phi) is 7.75. The lowest BCUT2D eigenvalue weighted by atomic mass is 9.93. The first-order valence-electron chi connectivity index (χ1n) is 19.2. The van der Waals surface area contributed by atoms with Gasteiger partial charge in [-0.3, -0.25) is 0 Å². The molecule has 11 rings (SSSR count). The molecule has 0 aliphatic heterocycles. The number of hydrogen-bond donors (Lipinski definition) is 0. The fourth-order valence-electron chi connectivity index (χ4n) is 8.52. The standard InChI is InChI=1S/C54H35NS/c1-2-11-36(12-3-1)40-15-10-16-45(33-40)55(44-29-23-39(24-30-44)50-35-42-14-5-6-17-46(42)48-19-8-9-20-49(48)50)43-27-21-37(22-28-43)41-26-31-52-51(34-41)54-47-18-7-4-13-38(47)25-32-53(54)56-52/h1-35H. The van der Waals surface area contributed by atoms with Crippen LogP contribution in [0.15, 0.2) is 212 Å². The zero-order chi connectivity index (χ0) is 37.0. The zero-order valence-corrected chi connectivity index (χ0v) is 31.4. The molecule has 0 aliphatic carbocycles. The van der Waals surface area contributed by atoms with E-state index < -0.39 is 0 Å². The SMILES string of the molecule is c1ccc(-c2cccc(N(c3ccc(-c4ccc5sc6ccc7ccccc7c6c5c4)cc3)c3ccc(-c4cc5ccccc5c5ccccc45)cc3)c2)cc1. The van der Waals surface area contributed by atoms with E-state index in [9.17, 15) is 0 Å². The van der Waals surface area contributed by atoms with Gasteiger partial charge < -0.3 is 4.90 Å². The van der Waals surface area contributed by atoms with Gasteiger partial charge in [0.1, 0.15) is 0 Å². The van der Waals surface area contributed by atoms with Gasteiger partial charge in [0.2, 0.25) is 0 Å². The summed E-state index contributed by atoms with van der Waals surface area (Å²) in [5, 5.41) is 10.4. The summed E-state index contributed by atoms with van der Waals surface area (Å²) in [5.74, 6) is 0. The van der Waals surface area contributed by atoms with E-state index in [1.807, 2.05) is 11.3 Å². The molecule has 0 spiro atoms. The summed E-state index contributed by atoms with van der Waals surface area (Å²) in [6, 6.07) is 77.6. The molecule has 0 unspecified atom stereocenters. The molecule has 0 amide bonds. The second-order valence-corrected chi connectivity index (χ2v) is 15.6. The molecule has 0 aliphatic rings. The molecule has 0 bridgehead atoms. The van der Waals surface area contributed by atoms with E-state index in [1.165, 1.54) is 85.9 Å². The van der Waals surface area contributed by atoms with E-state index in [0.29, 0.717) is 0 Å². The van der Waals surface area contributed by atoms with E-state index in [2.05, 4.69) is 217 Å². The highest BCUT2D eigenvalue weighted by atomic mass is 32.1. The second-order valence-electron chi connectivity index (χ2n) is 14.5. The Balaban J connectivity index is 1.01. The number of hydrogen-bond acceptors (Lipinski definition) is 2. The number of thiophene rings is 1. The van der Waals surface area contributed by atoms with Crippen molar-refractivity contribution in [2.75, 3.05) is 4.90 Å². The maximum atomic E-state index is 2.38. The number of fused-ring (bicyclic) bond motifs is 8. The van der Waals surface area contributed by atoms with Crippen LogP contribution in [0.5, 0.6) is 0 Å². The van der Waals surface area contributed by atoms with E-state index >= 15 is 0 Å². The molecule has 0 fully saturated rings. The Bertz CT molecular complexity index is 3230. The predicted octanol–water partition coefficient (Wildman–Crippen LogP) is 16.0. The van der Waals surface area contributed by atoms with Gasteiger partial charge in [-0.25, -0.2) is 0 Å². The molecule has 1 heterocycles. The third-order valence-electron chi connectivity index (χ3n) is 11.2. The molecule has 0 saturated carbocycles. The zero-order valence-electron chi connectivity index (χ0n) is 30.6. The first-order chi connectivity index (χ1) is 27.7. The van der Waals surface area contributed by atoms with Gasteiger partial charge in [0.25, 0.3) is 0 Å². The van der Waals surface area contributed by atoms with Crippen molar-refractivity contribution in [3.8, 4) is 33.4 Å². The minimum absolute atomic E-state index is 1.11. The number of benzene rings is 10. The van der Waals surface area contributed by atoms with Gasteiger partial charge >= 0.3 is 0 Å². The maximum absolute atomic E-state index is 2.38. The number of anilines is 3.